The quantitative estimate of drug-likeness (QED) is 0.324. The van der Waals surface area contributed by atoms with Gasteiger partial charge in [-0.25, -0.2) is 9.67 Å². The number of carbonyl (C=O) groups excluding carboxylic acids is 1. The van der Waals surface area contributed by atoms with Crippen LogP contribution >= 0.6 is 23.4 Å². The molecule has 2 aromatic heterocycles. The van der Waals surface area contributed by atoms with E-state index in [2.05, 4.69) is 20.4 Å². The molecule has 0 aliphatic heterocycles. The monoisotopic (exact) mass is 479 g/mol. The number of aromatic amines is 1. The highest BCUT2D eigenvalue weighted by molar-refractivity contribution is 7.99. The van der Waals surface area contributed by atoms with Crippen LogP contribution in [0.4, 0.5) is 18.9 Å². The lowest BCUT2D eigenvalue weighted by atomic mass is 10.1. The highest BCUT2D eigenvalue weighted by Crippen LogP contribution is 2.38. The SMILES string of the molecule is O=C(CSc1nc2c(cnn2-c2ccccc2)c(=O)[nH]1)Nc1c(Cl)cccc1C(F)(F)F. The van der Waals surface area contributed by atoms with Crippen LogP contribution in [-0.2, 0) is 11.0 Å². The molecule has 164 valence electrons. The first-order valence-corrected chi connectivity index (χ1v) is 10.4. The van der Waals surface area contributed by atoms with Crippen LogP contribution in [0.1, 0.15) is 5.56 Å². The van der Waals surface area contributed by atoms with Crippen LogP contribution in [0, 0.1) is 0 Å². The number of halogens is 4. The van der Waals surface area contributed by atoms with E-state index in [9.17, 15) is 22.8 Å². The zero-order valence-electron chi connectivity index (χ0n) is 16.0. The Labute approximate surface area is 187 Å². The third-order valence-electron chi connectivity index (χ3n) is 4.34. The summed E-state index contributed by atoms with van der Waals surface area (Å²) in [5.41, 5.74) is -1.05. The number of nitrogens with zero attached hydrogens (tertiary/aromatic N) is 3. The van der Waals surface area contributed by atoms with Crippen molar-refractivity contribution in [3.8, 4) is 5.69 Å². The number of carbonyl (C=O) groups is 1. The molecule has 2 N–H and O–H groups in total. The van der Waals surface area contributed by atoms with Crippen molar-refractivity contribution in [3.05, 3.63) is 75.7 Å². The molecule has 2 aromatic carbocycles. The number of H-pyrrole nitrogens is 1. The highest BCUT2D eigenvalue weighted by atomic mass is 35.5. The number of fused-ring (bicyclic) bond motifs is 1. The Bertz CT molecular complexity index is 1360. The summed E-state index contributed by atoms with van der Waals surface area (Å²) in [6.45, 7) is 0. The van der Waals surface area contributed by atoms with Gasteiger partial charge in [0, 0.05) is 0 Å². The van der Waals surface area contributed by atoms with E-state index in [4.69, 9.17) is 11.6 Å². The van der Waals surface area contributed by atoms with E-state index < -0.39 is 28.9 Å². The van der Waals surface area contributed by atoms with Crippen LogP contribution < -0.4 is 10.9 Å². The minimum atomic E-state index is -4.69. The topological polar surface area (TPSA) is 92.7 Å². The maximum atomic E-state index is 13.2. The van der Waals surface area contributed by atoms with Gasteiger partial charge in [-0.05, 0) is 24.3 Å². The first-order valence-electron chi connectivity index (χ1n) is 9.06. The summed E-state index contributed by atoms with van der Waals surface area (Å²) >= 11 is 6.71. The van der Waals surface area contributed by atoms with Gasteiger partial charge in [-0.1, -0.05) is 47.6 Å². The number of thioether (sulfide) groups is 1. The first-order chi connectivity index (χ1) is 15.2. The standard InChI is InChI=1S/C20H13ClF3N5O2S/c21-14-8-4-7-13(20(22,23)24)16(14)26-15(30)10-32-19-27-17-12(18(31)28-19)9-25-29(17)11-5-2-1-3-6-11/h1-9H,10H2,(H,26,30)(H,27,28,31). The van der Waals surface area contributed by atoms with E-state index in [1.165, 1.54) is 16.9 Å². The van der Waals surface area contributed by atoms with Gasteiger partial charge in [-0.2, -0.15) is 18.3 Å². The lowest BCUT2D eigenvalue weighted by molar-refractivity contribution is -0.137. The fraction of sp³-hybridized carbons (Fsp3) is 0.100. The van der Waals surface area contributed by atoms with Crippen molar-refractivity contribution in [2.45, 2.75) is 11.3 Å². The summed E-state index contributed by atoms with van der Waals surface area (Å²) in [5, 5.41) is 6.51. The summed E-state index contributed by atoms with van der Waals surface area (Å²) in [6.07, 6.45) is -3.31. The van der Waals surface area contributed by atoms with E-state index in [-0.39, 0.29) is 27.0 Å². The summed E-state index contributed by atoms with van der Waals surface area (Å²) in [6, 6.07) is 12.2. The maximum absolute atomic E-state index is 13.2. The number of anilines is 1. The van der Waals surface area contributed by atoms with Crippen molar-refractivity contribution in [2.75, 3.05) is 11.1 Å². The van der Waals surface area contributed by atoms with E-state index in [0.717, 1.165) is 23.9 Å². The molecule has 4 aromatic rings. The molecule has 7 nitrogen and oxygen atoms in total. The van der Waals surface area contributed by atoms with Crippen LogP contribution in [0.25, 0.3) is 16.7 Å². The molecule has 0 saturated heterocycles. The number of rotatable bonds is 5. The third-order valence-corrected chi connectivity index (χ3v) is 5.53. The second kappa shape index (κ2) is 8.67. The minimum Gasteiger partial charge on any atom is -0.324 e. The van der Waals surface area contributed by atoms with Gasteiger partial charge in [0.25, 0.3) is 5.56 Å². The molecular formula is C20H13ClF3N5O2S. The number of nitrogens with one attached hydrogen (secondary N) is 2. The zero-order chi connectivity index (χ0) is 22.9. The lowest BCUT2D eigenvalue weighted by Crippen LogP contribution is -2.19. The van der Waals surface area contributed by atoms with Gasteiger partial charge in [0.15, 0.2) is 10.8 Å². The smallest absolute Gasteiger partial charge is 0.324 e. The molecule has 0 radical (unpaired) electrons. The molecule has 0 atom stereocenters. The summed E-state index contributed by atoms with van der Waals surface area (Å²) in [7, 11) is 0. The minimum absolute atomic E-state index is 0.116. The number of amides is 1. The van der Waals surface area contributed by atoms with E-state index in [0.29, 0.717) is 5.69 Å². The van der Waals surface area contributed by atoms with Gasteiger partial charge >= 0.3 is 6.18 Å². The van der Waals surface area contributed by atoms with Crippen molar-refractivity contribution in [1.29, 1.82) is 0 Å². The number of para-hydroxylation sites is 2. The first kappa shape index (κ1) is 21.9. The average molecular weight is 480 g/mol. The van der Waals surface area contributed by atoms with Crippen molar-refractivity contribution >= 4 is 46.0 Å². The number of hydrogen-bond donors (Lipinski definition) is 2. The van der Waals surface area contributed by atoms with Crippen molar-refractivity contribution < 1.29 is 18.0 Å². The predicted octanol–water partition coefficient (Wildman–Crippen LogP) is 4.51. The van der Waals surface area contributed by atoms with Crippen molar-refractivity contribution in [1.82, 2.24) is 19.7 Å². The zero-order valence-corrected chi connectivity index (χ0v) is 17.6. The van der Waals surface area contributed by atoms with Crippen LogP contribution in [0.15, 0.2) is 64.7 Å². The van der Waals surface area contributed by atoms with Gasteiger partial charge in [-0.3, -0.25) is 9.59 Å². The normalized spacial score (nSPS) is 11.6. The van der Waals surface area contributed by atoms with Crippen molar-refractivity contribution in [3.63, 3.8) is 0 Å². The Hall–Kier alpha value is -3.31. The Morgan fingerprint density at radius 2 is 1.91 bits per heavy atom. The average Bonchev–Trinajstić information content (AvgIpc) is 3.18. The number of benzene rings is 2. The molecule has 32 heavy (non-hydrogen) atoms. The molecule has 2 heterocycles. The molecular weight excluding hydrogens is 467 g/mol. The summed E-state index contributed by atoms with van der Waals surface area (Å²) in [5.74, 6) is -1.05. The third kappa shape index (κ3) is 4.48. The molecule has 0 fully saturated rings. The Morgan fingerprint density at radius 3 is 2.62 bits per heavy atom. The molecule has 0 aliphatic rings. The fourth-order valence-electron chi connectivity index (χ4n) is 2.92. The molecule has 0 spiro atoms. The summed E-state index contributed by atoms with van der Waals surface area (Å²) < 4.78 is 41.1. The van der Waals surface area contributed by atoms with Crippen LogP contribution in [0.3, 0.4) is 0 Å². The Morgan fingerprint density at radius 1 is 1.16 bits per heavy atom. The van der Waals surface area contributed by atoms with E-state index >= 15 is 0 Å². The highest BCUT2D eigenvalue weighted by Gasteiger charge is 2.34. The second-order valence-corrected chi connectivity index (χ2v) is 7.87. The molecule has 4 rings (SSSR count). The fourth-order valence-corrected chi connectivity index (χ4v) is 3.80. The van der Waals surface area contributed by atoms with Crippen LogP contribution in [0.5, 0.6) is 0 Å². The number of aromatic nitrogens is 4. The molecule has 12 heteroatoms. The summed E-state index contributed by atoms with van der Waals surface area (Å²) in [4.78, 5) is 31.6. The molecule has 0 bridgehead atoms. The van der Waals surface area contributed by atoms with Gasteiger partial charge in [0.2, 0.25) is 5.91 Å². The van der Waals surface area contributed by atoms with E-state index in [1.54, 1.807) is 24.3 Å². The molecule has 0 unspecified atom stereocenters. The largest absolute Gasteiger partial charge is 0.418 e. The van der Waals surface area contributed by atoms with Gasteiger partial charge in [0.05, 0.1) is 33.9 Å². The van der Waals surface area contributed by atoms with Crippen LogP contribution in [0.2, 0.25) is 5.02 Å². The van der Waals surface area contributed by atoms with Crippen LogP contribution in [-0.4, -0.2) is 31.4 Å². The Balaban J connectivity index is 1.56. The maximum Gasteiger partial charge on any atom is 0.418 e. The second-order valence-electron chi connectivity index (χ2n) is 6.50. The molecule has 0 saturated carbocycles. The molecule has 0 aliphatic carbocycles. The van der Waals surface area contributed by atoms with Gasteiger partial charge in [0.1, 0.15) is 5.39 Å². The molecule has 1 amide bonds. The lowest BCUT2D eigenvalue weighted by Gasteiger charge is -2.15. The number of hydrogen-bond acceptors (Lipinski definition) is 5. The van der Waals surface area contributed by atoms with Crippen molar-refractivity contribution in [2.24, 2.45) is 0 Å². The van der Waals surface area contributed by atoms with Gasteiger partial charge < -0.3 is 10.3 Å². The van der Waals surface area contributed by atoms with Gasteiger partial charge in [-0.15, -0.1) is 0 Å². The predicted molar refractivity (Wildman–Crippen MR) is 115 cm³/mol. The van der Waals surface area contributed by atoms with E-state index in [1.807, 2.05) is 6.07 Å². The Kier molecular flexibility index (Phi) is 5.94. The number of alkyl halides is 3.